The van der Waals surface area contributed by atoms with Crippen molar-refractivity contribution >= 4 is 15.7 Å². The number of anilines is 1. The third-order valence-electron chi connectivity index (χ3n) is 3.38. The molecule has 0 spiro atoms. The van der Waals surface area contributed by atoms with Gasteiger partial charge in [0.15, 0.2) is 0 Å². The number of pyridine rings is 1. The number of aliphatic hydroxyl groups is 1. The molecule has 0 amide bonds. The summed E-state index contributed by atoms with van der Waals surface area (Å²) in [6.07, 6.45) is 5.39. The van der Waals surface area contributed by atoms with Gasteiger partial charge in [-0.15, -0.1) is 0 Å². The zero-order valence-corrected chi connectivity index (χ0v) is 11.7. The quantitative estimate of drug-likeness (QED) is 0.757. The summed E-state index contributed by atoms with van der Waals surface area (Å²) in [6.45, 7) is 0. The van der Waals surface area contributed by atoms with Gasteiger partial charge in [0.05, 0.1) is 11.8 Å². The predicted octanol–water partition coefficient (Wildman–Crippen LogP) is 0.705. The summed E-state index contributed by atoms with van der Waals surface area (Å²) < 4.78 is 27.2. The first-order valence-electron chi connectivity index (χ1n) is 6.37. The van der Waals surface area contributed by atoms with Crippen molar-refractivity contribution in [1.29, 1.82) is 0 Å². The molecule has 106 valence electrons. The molecular formula is C12H19N3O3S. The Hall–Kier alpha value is -1.18. The summed E-state index contributed by atoms with van der Waals surface area (Å²) in [4.78, 5) is 3.96. The molecule has 2 atom stereocenters. The van der Waals surface area contributed by atoms with Crippen LogP contribution >= 0.6 is 0 Å². The second-order valence-corrected chi connectivity index (χ2v) is 6.38. The molecule has 1 heterocycles. The molecule has 1 aromatic rings. The lowest BCUT2D eigenvalue weighted by Crippen LogP contribution is -2.45. The van der Waals surface area contributed by atoms with Crippen LogP contribution in [0.25, 0.3) is 0 Å². The standard InChI is InChI=1S/C12H19N3O3S/c1-13-10-6-7-14-8-12(10)19(17,18)15-9-4-2-3-5-11(9)16/h6-9,11,15-16H,2-5H2,1H3,(H,13,14). The fourth-order valence-electron chi connectivity index (χ4n) is 2.31. The topological polar surface area (TPSA) is 91.3 Å². The average Bonchev–Trinajstić information content (AvgIpc) is 2.41. The van der Waals surface area contributed by atoms with E-state index in [1.807, 2.05) is 0 Å². The van der Waals surface area contributed by atoms with Crippen LogP contribution in [-0.4, -0.2) is 37.7 Å². The third-order valence-corrected chi connectivity index (χ3v) is 4.90. The maximum Gasteiger partial charge on any atom is 0.244 e. The van der Waals surface area contributed by atoms with E-state index in [0.29, 0.717) is 18.5 Å². The zero-order chi connectivity index (χ0) is 13.9. The highest BCUT2D eigenvalue weighted by Crippen LogP contribution is 2.23. The average molecular weight is 285 g/mol. The van der Waals surface area contributed by atoms with Crippen LogP contribution in [0.15, 0.2) is 23.4 Å². The number of hydrogen-bond donors (Lipinski definition) is 3. The molecule has 0 bridgehead atoms. The molecule has 6 nitrogen and oxygen atoms in total. The molecule has 0 saturated heterocycles. The third kappa shape index (κ3) is 3.23. The highest BCUT2D eigenvalue weighted by molar-refractivity contribution is 7.89. The van der Waals surface area contributed by atoms with E-state index in [-0.39, 0.29) is 4.90 Å². The molecule has 0 aliphatic heterocycles. The lowest BCUT2D eigenvalue weighted by molar-refractivity contribution is 0.101. The van der Waals surface area contributed by atoms with Gasteiger partial charge in [-0.1, -0.05) is 12.8 Å². The van der Waals surface area contributed by atoms with Crippen LogP contribution in [0.1, 0.15) is 25.7 Å². The van der Waals surface area contributed by atoms with E-state index >= 15 is 0 Å². The Morgan fingerprint density at radius 1 is 1.37 bits per heavy atom. The molecule has 19 heavy (non-hydrogen) atoms. The van der Waals surface area contributed by atoms with Gasteiger partial charge in [-0.25, -0.2) is 13.1 Å². The van der Waals surface area contributed by atoms with E-state index in [2.05, 4.69) is 15.0 Å². The number of rotatable bonds is 4. The summed E-state index contributed by atoms with van der Waals surface area (Å²) in [5.41, 5.74) is 0.493. The second kappa shape index (κ2) is 5.85. The summed E-state index contributed by atoms with van der Waals surface area (Å²) in [5.74, 6) is 0. The van der Waals surface area contributed by atoms with E-state index in [4.69, 9.17) is 0 Å². The minimum atomic E-state index is -3.67. The van der Waals surface area contributed by atoms with E-state index in [1.54, 1.807) is 13.1 Å². The largest absolute Gasteiger partial charge is 0.391 e. The lowest BCUT2D eigenvalue weighted by atomic mass is 9.93. The van der Waals surface area contributed by atoms with Crippen molar-refractivity contribution in [1.82, 2.24) is 9.71 Å². The van der Waals surface area contributed by atoms with Gasteiger partial charge in [-0.3, -0.25) is 4.98 Å². The van der Waals surface area contributed by atoms with E-state index in [0.717, 1.165) is 12.8 Å². The van der Waals surface area contributed by atoms with Gasteiger partial charge >= 0.3 is 0 Å². The van der Waals surface area contributed by atoms with Gasteiger partial charge in [-0.2, -0.15) is 0 Å². The van der Waals surface area contributed by atoms with Gasteiger partial charge in [-0.05, 0) is 18.9 Å². The van der Waals surface area contributed by atoms with Crippen molar-refractivity contribution < 1.29 is 13.5 Å². The van der Waals surface area contributed by atoms with Crippen molar-refractivity contribution in [3.63, 3.8) is 0 Å². The number of nitrogens with zero attached hydrogens (tertiary/aromatic N) is 1. The fraction of sp³-hybridized carbons (Fsp3) is 0.583. The Morgan fingerprint density at radius 2 is 2.11 bits per heavy atom. The Bertz CT molecular complexity index is 533. The molecule has 3 N–H and O–H groups in total. The highest BCUT2D eigenvalue weighted by atomic mass is 32.2. The zero-order valence-electron chi connectivity index (χ0n) is 10.8. The first kappa shape index (κ1) is 14.2. The molecule has 1 fully saturated rings. The van der Waals surface area contributed by atoms with E-state index in [1.165, 1.54) is 12.4 Å². The van der Waals surface area contributed by atoms with Crippen LogP contribution in [0, 0.1) is 0 Å². The number of sulfonamides is 1. The maximum atomic E-state index is 12.3. The fourth-order valence-corrected chi connectivity index (χ4v) is 3.77. The number of aromatic nitrogens is 1. The molecule has 7 heteroatoms. The summed E-state index contributed by atoms with van der Waals surface area (Å²) >= 11 is 0. The van der Waals surface area contributed by atoms with Crippen LogP contribution in [0.5, 0.6) is 0 Å². The molecule has 0 aromatic carbocycles. The van der Waals surface area contributed by atoms with E-state index in [9.17, 15) is 13.5 Å². The highest BCUT2D eigenvalue weighted by Gasteiger charge is 2.29. The normalized spacial score (nSPS) is 24.1. The van der Waals surface area contributed by atoms with Crippen LogP contribution in [0.4, 0.5) is 5.69 Å². The van der Waals surface area contributed by atoms with Crippen molar-refractivity contribution in [2.45, 2.75) is 42.7 Å². The number of nitrogens with one attached hydrogen (secondary N) is 2. The van der Waals surface area contributed by atoms with Gasteiger partial charge < -0.3 is 10.4 Å². The Balaban J connectivity index is 2.22. The van der Waals surface area contributed by atoms with Crippen molar-refractivity contribution in [3.8, 4) is 0 Å². The van der Waals surface area contributed by atoms with Crippen molar-refractivity contribution in [2.24, 2.45) is 0 Å². The predicted molar refractivity (Wildman–Crippen MR) is 72.4 cm³/mol. The van der Waals surface area contributed by atoms with E-state index < -0.39 is 22.2 Å². The lowest BCUT2D eigenvalue weighted by Gasteiger charge is -2.28. The Kier molecular flexibility index (Phi) is 4.38. The molecule has 1 aromatic heterocycles. The Morgan fingerprint density at radius 3 is 2.79 bits per heavy atom. The molecule has 1 aliphatic carbocycles. The molecule has 0 radical (unpaired) electrons. The molecule has 1 saturated carbocycles. The monoisotopic (exact) mass is 285 g/mol. The summed E-state index contributed by atoms with van der Waals surface area (Å²) in [6, 6.07) is 1.19. The second-order valence-electron chi connectivity index (χ2n) is 4.70. The molecule has 2 rings (SSSR count). The first-order chi connectivity index (χ1) is 9.04. The van der Waals surface area contributed by atoms with Crippen molar-refractivity contribution in [3.05, 3.63) is 18.5 Å². The summed E-state index contributed by atoms with van der Waals surface area (Å²) in [7, 11) is -2.01. The first-order valence-corrected chi connectivity index (χ1v) is 7.85. The van der Waals surface area contributed by atoms with Crippen molar-refractivity contribution in [2.75, 3.05) is 12.4 Å². The van der Waals surface area contributed by atoms with Gasteiger partial charge in [0, 0.05) is 25.5 Å². The maximum absolute atomic E-state index is 12.3. The SMILES string of the molecule is CNc1ccncc1S(=O)(=O)NC1CCCCC1O. The van der Waals surface area contributed by atoms with Crippen LogP contribution in [0.3, 0.4) is 0 Å². The molecule has 1 aliphatic rings. The van der Waals surface area contributed by atoms with Gasteiger partial charge in [0.1, 0.15) is 4.90 Å². The number of aliphatic hydroxyl groups excluding tert-OH is 1. The van der Waals surface area contributed by atoms with Gasteiger partial charge in [0.25, 0.3) is 0 Å². The van der Waals surface area contributed by atoms with Crippen LogP contribution < -0.4 is 10.0 Å². The Labute approximate surface area is 113 Å². The summed E-state index contributed by atoms with van der Waals surface area (Å²) in [5, 5.41) is 12.7. The number of hydrogen-bond acceptors (Lipinski definition) is 5. The minimum Gasteiger partial charge on any atom is -0.391 e. The van der Waals surface area contributed by atoms with Crippen LogP contribution in [0.2, 0.25) is 0 Å². The minimum absolute atomic E-state index is 0.107. The van der Waals surface area contributed by atoms with Crippen LogP contribution in [-0.2, 0) is 10.0 Å². The smallest absolute Gasteiger partial charge is 0.244 e. The molecule has 2 unspecified atom stereocenters. The molecular weight excluding hydrogens is 266 g/mol. The van der Waals surface area contributed by atoms with Gasteiger partial charge in [0.2, 0.25) is 10.0 Å².